The molecule has 0 radical (unpaired) electrons. The van der Waals surface area contributed by atoms with E-state index in [1.807, 2.05) is 25.1 Å². The van der Waals surface area contributed by atoms with Gasteiger partial charge in [0.25, 0.3) is 0 Å². The van der Waals surface area contributed by atoms with Gasteiger partial charge in [-0.25, -0.2) is 0 Å². The van der Waals surface area contributed by atoms with E-state index in [0.717, 1.165) is 11.1 Å². The molecule has 0 bridgehead atoms. The van der Waals surface area contributed by atoms with Gasteiger partial charge in [0.2, 0.25) is 5.91 Å². The zero-order valence-corrected chi connectivity index (χ0v) is 12.6. The van der Waals surface area contributed by atoms with Crippen LogP contribution in [0.25, 0.3) is 6.08 Å². The molecule has 0 aromatic heterocycles. The number of aliphatic carboxylic acids is 1. The van der Waals surface area contributed by atoms with Crippen molar-refractivity contribution in [1.82, 2.24) is 5.32 Å². The maximum Gasteiger partial charge on any atom is 0.308 e. The van der Waals surface area contributed by atoms with E-state index in [4.69, 9.17) is 9.84 Å². The summed E-state index contributed by atoms with van der Waals surface area (Å²) in [5, 5.41) is 11.5. The van der Waals surface area contributed by atoms with E-state index in [0.29, 0.717) is 12.2 Å². The monoisotopic (exact) mass is 291 g/mol. The van der Waals surface area contributed by atoms with Gasteiger partial charge in [-0.15, -0.1) is 0 Å². The normalized spacial score (nSPS) is 12.1. The minimum atomic E-state index is -0.901. The second-order valence-electron chi connectivity index (χ2n) is 4.77. The molecule has 1 unspecified atom stereocenters. The summed E-state index contributed by atoms with van der Waals surface area (Å²) in [4.78, 5) is 22.6. The van der Waals surface area contributed by atoms with Crippen LogP contribution >= 0.6 is 0 Å². The quantitative estimate of drug-likeness (QED) is 0.755. The van der Waals surface area contributed by atoms with Crippen molar-refractivity contribution in [3.63, 3.8) is 0 Å². The van der Waals surface area contributed by atoms with Crippen molar-refractivity contribution in [2.24, 2.45) is 5.92 Å². The number of benzene rings is 1. The van der Waals surface area contributed by atoms with Crippen molar-refractivity contribution in [2.75, 3.05) is 13.7 Å². The van der Waals surface area contributed by atoms with Crippen molar-refractivity contribution in [1.29, 1.82) is 0 Å². The molecule has 5 heteroatoms. The first-order valence-corrected chi connectivity index (χ1v) is 6.81. The Hall–Kier alpha value is -2.30. The van der Waals surface area contributed by atoms with E-state index in [2.05, 4.69) is 5.32 Å². The van der Waals surface area contributed by atoms with E-state index in [1.54, 1.807) is 20.1 Å². The molecule has 1 rings (SSSR count). The molecule has 0 aliphatic heterocycles. The Morgan fingerprint density at radius 2 is 2.14 bits per heavy atom. The summed E-state index contributed by atoms with van der Waals surface area (Å²) < 4.78 is 5.22. The lowest BCUT2D eigenvalue weighted by Gasteiger charge is -2.09. The second kappa shape index (κ2) is 8.09. The first-order valence-electron chi connectivity index (χ1n) is 6.81. The Balaban J connectivity index is 2.66. The largest absolute Gasteiger partial charge is 0.496 e. The number of nitrogens with one attached hydrogen (secondary N) is 1. The third-order valence-corrected chi connectivity index (χ3v) is 3.16. The molecule has 0 spiro atoms. The number of amides is 1. The standard InChI is InChI=1S/C16H21NO4/c1-4-12(16(19)20)10-17-15(18)8-6-13-9-11(2)5-7-14(13)21-3/h5-9,12H,4,10H2,1-3H3,(H,17,18)(H,19,20). The highest BCUT2D eigenvalue weighted by molar-refractivity contribution is 5.92. The first kappa shape index (κ1) is 16.8. The van der Waals surface area contributed by atoms with Gasteiger partial charge in [0.15, 0.2) is 0 Å². The van der Waals surface area contributed by atoms with Crippen LogP contribution in [0, 0.1) is 12.8 Å². The Bertz CT molecular complexity index is 537. The highest BCUT2D eigenvalue weighted by atomic mass is 16.5. The van der Waals surface area contributed by atoms with Gasteiger partial charge in [0, 0.05) is 18.2 Å². The summed E-state index contributed by atoms with van der Waals surface area (Å²) in [6.45, 7) is 3.86. The summed E-state index contributed by atoms with van der Waals surface area (Å²) >= 11 is 0. The predicted octanol–water partition coefficient (Wildman–Crippen LogP) is 2.24. The van der Waals surface area contributed by atoms with Crippen LogP contribution in [0.4, 0.5) is 0 Å². The fraction of sp³-hybridized carbons (Fsp3) is 0.375. The van der Waals surface area contributed by atoms with Crippen LogP contribution in [0.2, 0.25) is 0 Å². The minimum absolute atomic E-state index is 0.125. The Kier molecular flexibility index (Phi) is 6.46. The molecule has 21 heavy (non-hydrogen) atoms. The second-order valence-corrected chi connectivity index (χ2v) is 4.77. The summed E-state index contributed by atoms with van der Waals surface area (Å²) in [5.74, 6) is -1.10. The van der Waals surface area contributed by atoms with Crippen molar-refractivity contribution in [3.05, 3.63) is 35.4 Å². The third-order valence-electron chi connectivity index (χ3n) is 3.16. The zero-order chi connectivity index (χ0) is 15.8. The number of carbonyl (C=O) groups is 2. The lowest BCUT2D eigenvalue weighted by Crippen LogP contribution is -2.31. The molecule has 0 saturated carbocycles. The van der Waals surface area contributed by atoms with Gasteiger partial charge in [-0.2, -0.15) is 0 Å². The minimum Gasteiger partial charge on any atom is -0.496 e. The number of rotatable bonds is 7. The van der Waals surface area contributed by atoms with Crippen LogP contribution in [0.1, 0.15) is 24.5 Å². The smallest absolute Gasteiger partial charge is 0.308 e. The molecular weight excluding hydrogens is 270 g/mol. The third kappa shape index (κ3) is 5.30. The van der Waals surface area contributed by atoms with Gasteiger partial charge in [-0.1, -0.05) is 18.6 Å². The van der Waals surface area contributed by atoms with E-state index < -0.39 is 11.9 Å². The maximum absolute atomic E-state index is 11.7. The number of carbonyl (C=O) groups excluding carboxylic acids is 1. The number of ether oxygens (including phenoxy) is 1. The highest BCUT2D eigenvalue weighted by Gasteiger charge is 2.14. The van der Waals surface area contributed by atoms with E-state index in [-0.39, 0.29) is 12.5 Å². The molecule has 1 atom stereocenters. The topological polar surface area (TPSA) is 75.6 Å². The fourth-order valence-electron chi connectivity index (χ4n) is 1.84. The molecule has 5 nitrogen and oxygen atoms in total. The zero-order valence-electron chi connectivity index (χ0n) is 12.6. The van der Waals surface area contributed by atoms with Gasteiger partial charge in [0.1, 0.15) is 5.75 Å². The number of hydrogen-bond acceptors (Lipinski definition) is 3. The van der Waals surface area contributed by atoms with Crippen LogP contribution < -0.4 is 10.1 Å². The van der Waals surface area contributed by atoms with Gasteiger partial charge in [-0.05, 0) is 31.6 Å². The molecule has 114 valence electrons. The first-order chi connectivity index (χ1) is 9.97. The number of aryl methyl sites for hydroxylation is 1. The summed E-state index contributed by atoms with van der Waals surface area (Å²) in [7, 11) is 1.57. The summed E-state index contributed by atoms with van der Waals surface area (Å²) in [6, 6.07) is 5.67. The predicted molar refractivity (Wildman–Crippen MR) is 81.2 cm³/mol. The number of carboxylic acids is 1. The molecule has 1 aromatic carbocycles. The van der Waals surface area contributed by atoms with Crippen molar-refractivity contribution >= 4 is 18.0 Å². The SMILES string of the molecule is CCC(CNC(=O)C=Cc1cc(C)ccc1OC)C(=O)O. The van der Waals surface area contributed by atoms with Crippen LogP contribution in [-0.2, 0) is 9.59 Å². The van der Waals surface area contributed by atoms with E-state index >= 15 is 0 Å². The van der Waals surface area contributed by atoms with Crippen LogP contribution in [0.5, 0.6) is 5.75 Å². The van der Waals surface area contributed by atoms with Crippen LogP contribution in [0.15, 0.2) is 24.3 Å². The van der Waals surface area contributed by atoms with Gasteiger partial charge in [0.05, 0.1) is 13.0 Å². The van der Waals surface area contributed by atoms with Crippen molar-refractivity contribution in [3.8, 4) is 5.75 Å². The van der Waals surface area contributed by atoms with Gasteiger partial charge < -0.3 is 15.2 Å². The Labute approximate surface area is 124 Å². The molecule has 1 aromatic rings. The van der Waals surface area contributed by atoms with Crippen molar-refractivity contribution in [2.45, 2.75) is 20.3 Å². The van der Waals surface area contributed by atoms with Gasteiger partial charge in [-0.3, -0.25) is 9.59 Å². The lowest BCUT2D eigenvalue weighted by molar-refractivity contribution is -0.141. The molecule has 0 heterocycles. The average molecular weight is 291 g/mol. The highest BCUT2D eigenvalue weighted by Crippen LogP contribution is 2.20. The number of carboxylic acid groups (broad SMARTS) is 1. The van der Waals surface area contributed by atoms with Crippen LogP contribution in [-0.4, -0.2) is 30.6 Å². The number of hydrogen-bond donors (Lipinski definition) is 2. The molecule has 2 N–H and O–H groups in total. The average Bonchev–Trinajstić information content (AvgIpc) is 2.45. The molecule has 0 aliphatic carbocycles. The summed E-state index contributed by atoms with van der Waals surface area (Å²) in [5.41, 5.74) is 1.87. The van der Waals surface area contributed by atoms with Crippen molar-refractivity contribution < 1.29 is 19.4 Å². The maximum atomic E-state index is 11.7. The molecule has 0 saturated heterocycles. The van der Waals surface area contributed by atoms with Gasteiger partial charge >= 0.3 is 5.97 Å². The molecule has 1 amide bonds. The Morgan fingerprint density at radius 3 is 2.71 bits per heavy atom. The molecule has 0 fully saturated rings. The lowest BCUT2D eigenvalue weighted by atomic mass is 10.1. The molecule has 0 aliphatic rings. The molecular formula is C16H21NO4. The van der Waals surface area contributed by atoms with E-state index in [9.17, 15) is 9.59 Å². The number of methoxy groups -OCH3 is 1. The summed E-state index contributed by atoms with van der Waals surface area (Å²) in [6.07, 6.45) is 3.51. The Morgan fingerprint density at radius 1 is 1.43 bits per heavy atom. The van der Waals surface area contributed by atoms with Crippen LogP contribution in [0.3, 0.4) is 0 Å². The fourth-order valence-corrected chi connectivity index (χ4v) is 1.84. The van der Waals surface area contributed by atoms with E-state index in [1.165, 1.54) is 6.08 Å².